The maximum Gasteiger partial charge on any atom is 0.186 e. The van der Waals surface area contributed by atoms with Gasteiger partial charge in [-0.15, -0.1) is 0 Å². The van der Waals surface area contributed by atoms with Crippen molar-refractivity contribution in [3.05, 3.63) is 69.3 Å². The summed E-state index contributed by atoms with van der Waals surface area (Å²) in [5.41, 5.74) is 5.70. The second kappa shape index (κ2) is 12.1. The van der Waals surface area contributed by atoms with E-state index in [1.807, 2.05) is 24.3 Å². The highest BCUT2D eigenvalue weighted by Gasteiger charge is 2.10. The number of fused-ring (bicyclic) bond motifs is 1. The molecule has 0 aliphatic carbocycles. The van der Waals surface area contributed by atoms with Gasteiger partial charge >= 0.3 is 0 Å². The molecule has 0 fully saturated rings. The number of aromatic nitrogens is 1. The summed E-state index contributed by atoms with van der Waals surface area (Å²) in [7, 11) is 0. The predicted molar refractivity (Wildman–Crippen MR) is 142 cm³/mol. The fourth-order valence-corrected chi connectivity index (χ4v) is 3.63. The first-order valence-electron chi connectivity index (χ1n) is 10.2. The zero-order valence-electron chi connectivity index (χ0n) is 17.8. The fraction of sp³-hybridized carbons (Fsp3) is 0.217. The minimum atomic E-state index is -0.104. The zero-order chi connectivity index (χ0) is 23.8. The molecule has 0 saturated carbocycles. The average molecular weight is 523 g/mol. The molecule has 10 heteroatoms. The van der Waals surface area contributed by atoms with Crippen LogP contribution in [0.4, 0.5) is 5.69 Å². The lowest BCUT2D eigenvalue weighted by atomic mass is 10.1. The van der Waals surface area contributed by atoms with E-state index in [1.54, 1.807) is 31.3 Å². The largest absolute Gasteiger partial charge is 0.384 e. The molecule has 0 atom stereocenters. The summed E-state index contributed by atoms with van der Waals surface area (Å²) in [4.78, 5) is 16.7. The number of thiocarbonyl (C=S) groups is 1. The summed E-state index contributed by atoms with van der Waals surface area (Å²) in [6.07, 6.45) is 2.73. The third-order valence-corrected chi connectivity index (χ3v) is 5.88. The molecule has 0 aliphatic rings. The summed E-state index contributed by atoms with van der Waals surface area (Å²) in [6.45, 7) is 3.16. The molecule has 172 valence electrons. The van der Waals surface area contributed by atoms with Crippen LogP contribution in [-0.4, -0.2) is 34.7 Å². The lowest BCUT2D eigenvalue weighted by Crippen LogP contribution is -2.34. The molecule has 0 unspecified atom stereocenters. The summed E-state index contributed by atoms with van der Waals surface area (Å²) in [5, 5.41) is 13.5. The molecule has 3 rings (SSSR count). The SMILES string of the molecule is C/C(CC(=O)c1ccc(Cl)c(Cl)c1)=N\NC(=S)NCCCNc1ccnc2cc(Cl)ccc12. The van der Waals surface area contributed by atoms with Gasteiger partial charge in [-0.3, -0.25) is 15.2 Å². The van der Waals surface area contributed by atoms with Crippen LogP contribution in [0.5, 0.6) is 0 Å². The summed E-state index contributed by atoms with van der Waals surface area (Å²) in [5.74, 6) is -0.104. The topological polar surface area (TPSA) is 78.4 Å². The van der Waals surface area contributed by atoms with Crippen molar-refractivity contribution in [2.45, 2.75) is 19.8 Å². The molecular weight excluding hydrogens is 501 g/mol. The molecule has 0 aliphatic heterocycles. The Bertz CT molecular complexity index is 1200. The quantitative estimate of drug-likeness (QED) is 0.103. The molecule has 0 amide bonds. The van der Waals surface area contributed by atoms with Crippen LogP contribution in [0.3, 0.4) is 0 Å². The van der Waals surface area contributed by atoms with E-state index in [9.17, 15) is 4.79 Å². The van der Waals surface area contributed by atoms with E-state index in [2.05, 4.69) is 26.1 Å². The van der Waals surface area contributed by atoms with E-state index in [4.69, 9.17) is 47.0 Å². The number of carbonyl (C=O) groups excluding carboxylic acids is 1. The van der Waals surface area contributed by atoms with Crippen LogP contribution in [0, 0.1) is 0 Å². The first-order valence-corrected chi connectivity index (χ1v) is 11.7. The number of anilines is 1. The van der Waals surface area contributed by atoms with E-state index < -0.39 is 0 Å². The average Bonchev–Trinajstić information content (AvgIpc) is 2.79. The van der Waals surface area contributed by atoms with Gasteiger partial charge in [0.25, 0.3) is 0 Å². The second-order valence-corrected chi connectivity index (χ2v) is 8.90. The van der Waals surface area contributed by atoms with Gasteiger partial charge in [0.05, 0.1) is 22.0 Å². The van der Waals surface area contributed by atoms with Crippen LogP contribution in [0.2, 0.25) is 15.1 Å². The molecule has 2 aromatic carbocycles. The molecule has 33 heavy (non-hydrogen) atoms. The van der Waals surface area contributed by atoms with Crippen LogP contribution < -0.4 is 16.1 Å². The van der Waals surface area contributed by atoms with Crippen molar-refractivity contribution in [1.29, 1.82) is 0 Å². The number of benzene rings is 2. The Balaban J connectivity index is 1.38. The lowest BCUT2D eigenvalue weighted by Gasteiger charge is -2.11. The van der Waals surface area contributed by atoms with Crippen molar-refractivity contribution in [3.8, 4) is 0 Å². The number of pyridine rings is 1. The van der Waals surface area contributed by atoms with Crippen LogP contribution in [0.1, 0.15) is 30.1 Å². The molecule has 0 bridgehead atoms. The Morgan fingerprint density at radius 3 is 2.67 bits per heavy atom. The first-order chi connectivity index (χ1) is 15.8. The van der Waals surface area contributed by atoms with Gasteiger partial charge in [-0.05, 0) is 68.0 Å². The van der Waals surface area contributed by atoms with Crippen molar-refractivity contribution in [1.82, 2.24) is 15.7 Å². The summed E-state index contributed by atoms with van der Waals surface area (Å²) in [6, 6.07) is 12.4. The Morgan fingerprint density at radius 2 is 1.88 bits per heavy atom. The van der Waals surface area contributed by atoms with Gasteiger partial charge in [0.1, 0.15) is 0 Å². The smallest absolute Gasteiger partial charge is 0.186 e. The van der Waals surface area contributed by atoms with Gasteiger partial charge < -0.3 is 10.6 Å². The van der Waals surface area contributed by atoms with E-state index in [0.717, 1.165) is 29.6 Å². The van der Waals surface area contributed by atoms with Crippen LogP contribution in [-0.2, 0) is 0 Å². The van der Waals surface area contributed by atoms with Gasteiger partial charge in [0.15, 0.2) is 10.9 Å². The van der Waals surface area contributed by atoms with Crippen molar-refractivity contribution in [2.75, 3.05) is 18.4 Å². The molecule has 0 spiro atoms. The van der Waals surface area contributed by atoms with E-state index >= 15 is 0 Å². The maximum atomic E-state index is 12.3. The first kappa shape index (κ1) is 25.2. The number of ketones is 1. The number of rotatable bonds is 9. The zero-order valence-corrected chi connectivity index (χ0v) is 20.9. The van der Waals surface area contributed by atoms with Crippen LogP contribution in [0.25, 0.3) is 10.9 Å². The molecule has 3 aromatic rings. The highest BCUT2D eigenvalue weighted by Crippen LogP contribution is 2.24. The Labute approximate surface area is 212 Å². The van der Waals surface area contributed by atoms with Crippen LogP contribution in [0.15, 0.2) is 53.8 Å². The van der Waals surface area contributed by atoms with Crippen LogP contribution >= 0.6 is 47.0 Å². The number of halogens is 3. The number of carbonyl (C=O) groups is 1. The third-order valence-electron chi connectivity index (χ3n) is 4.67. The van der Waals surface area contributed by atoms with Crippen molar-refractivity contribution in [2.24, 2.45) is 5.10 Å². The van der Waals surface area contributed by atoms with E-state index in [0.29, 0.717) is 38.0 Å². The Hall–Kier alpha value is -2.45. The third kappa shape index (κ3) is 7.54. The monoisotopic (exact) mass is 521 g/mol. The van der Waals surface area contributed by atoms with Gasteiger partial charge in [0, 0.05) is 46.7 Å². The molecule has 0 radical (unpaired) electrons. The van der Waals surface area contributed by atoms with Crippen molar-refractivity contribution in [3.63, 3.8) is 0 Å². The minimum absolute atomic E-state index is 0.104. The predicted octanol–water partition coefficient (Wildman–Crippen LogP) is 6.11. The molecule has 1 aromatic heterocycles. The molecule has 6 nitrogen and oxygen atoms in total. The Morgan fingerprint density at radius 1 is 1.06 bits per heavy atom. The van der Waals surface area contributed by atoms with E-state index in [1.165, 1.54) is 0 Å². The molecular formula is C23H22Cl3N5OS. The van der Waals surface area contributed by atoms with Crippen molar-refractivity contribution >= 4 is 80.2 Å². The second-order valence-electron chi connectivity index (χ2n) is 7.24. The number of nitrogens with one attached hydrogen (secondary N) is 3. The van der Waals surface area contributed by atoms with Gasteiger partial charge in [0.2, 0.25) is 0 Å². The summed E-state index contributed by atoms with van der Waals surface area (Å²) < 4.78 is 0. The Kier molecular flexibility index (Phi) is 9.26. The maximum absolute atomic E-state index is 12.3. The number of hydrogen-bond acceptors (Lipinski definition) is 5. The fourth-order valence-electron chi connectivity index (χ4n) is 3.02. The van der Waals surface area contributed by atoms with Crippen molar-refractivity contribution < 1.29 is 4.79 Å². The minimum Gasteiger partial charge on any atom is -0.384 e. The lowest BCUT2D eigenvalue weighted by molar-refractivity contribution is 0.100. The standard InChI is InChI=1S/C23H22Cl3N5OS/c1-14(11-22(32)15-3-6-18(25)19(26)12-15)30-31-23(33)29-9-2-8-27-20-7-10-28-21-13-16(24)4-5-17(20)21/h3-7,10,12-13H,2,8-9,11H2,1H3,(H,27,28)(H2,29,31,33)/b30-14+. The molecule has 3 N–H and O–H groups in total. The van der Waals surface area contributed by atoms with Gasteiger partial charge in [-0.1, -0.05) is 34.8 Å². The van der Waals surface area contributed by atoms with Gasteiger partial charge in [-0.2, -0.15) is 5.10 Å². The summed E-state index contributed by atoms with van der Waals surface area (Å²) >= 11 is 23.1. The molecule has 0 saturated heterocycles. The normalized spacial score (nSPS) is 11.3. The van der Waals surface area contributed by atoms with Gasteiger partial charge in [-0.25, -0.2) is 0 Å². The number of hydrazone groups is 1. The number of nitrogens with zero attached hydrogens (tertiary/aromatic N) is 2. The number of Topliss-reactive ketones (excluding diaryl/α,β-unsaturated/α-hetero) is 1. The number of hydrogen-bond donors (Lipinski definition) is 3. The molecule has 1 heterocycles. The van der Waals surface area contributed by atoms with E-state index in [-0.39, 0.29) is 12.2 Å². The highest BCUT2D eigenvalue weighted by atomic mass is 35.5. The highest BCUT2D eigenvalue weighted by molar-refractivity contribution is 7.80.